The Labute approximate surface area is 134 Å². The van der Waals surface area contributed by atoms with E-state index in [4.69, 9.17) is 81.2 Å². The largest absolute Gasteiger partial charge is 0.191 e. The monoisotopic (exact) mass is 466 g/mol. The third-order valence-corrected chi connectivity index (χ3v) is 7.34. The molecule has 0 aliphatic rings. The number of alkyl halides is 9. The van der Waals surface area contributed by atoms with Gasteiger partial charge in [0.25, 0.3) is 0 Å². The third-order valence-electron chi connectivity index (χ3n) is 1.26. The Morgan fingerprint density at radius 1 is 1.00 bits per heavy atom. The highest BCUT2D eigenvalue weighted by atomic mass is 79.9. The molecule has 0 spiro atoms. The van der Waals surface area contributed by atoms with Gasteiger partial charge in [0, 0.05) is 5.33 Å². The van der Waals surface area contributed by atoms with Crippen molar-refractivity contribution >= 4 is 113 Å². The summed E-state index contributed by atoms with van der Waals surface area (Å²) >= 11 is 46.7. The summed E-state index contributed by atoms with van der Waals surface area (Å²) in [4.78, 5) is 0. The summed E-state index contributed by atoms with van der Waals surface area (Å²) in [6.07, 6.45) is 0. The molecule has 0 bridgehead atoms. The van der Waals surface area contributed by atoms with Gasteiger partial charge < -0.3 is 0 Å². The zero-order chi connectivity index (χ0) is 11.8. The number of halogens is 9. The summed E-state index contributed by atoms with van der Waals surface area (Å²) in [6.45, 7) is 0. The second-order valence-electron chi connectivity index (χ2n) is 2.37. The van der Waals surface area contributed by atoms with Crippen LogP contribution in [0.2, 0.25) is 0 Å². The van der Waals surface area contributed by atoms with Crippen LogP contribution in [-0.4, -0.2) is 22.6 Å². The van der Waals surface area contributed by atoms with Gasteiger partial charge in [0.2, 0.25) is 0 Å². The van der Waals surface area contributed by atoms with Crippen molar-refractivity contribution in [3.05, 3.63) is 0 Å². The lowest BCUT2D eigenvalue weighted by Gasteiger charge is -2.37. The average molecular weight is 471 g/mol. The smallest absolute Gasteiger partial charge is 0.115 e. The van der Waals surface area contributed by atoms with Gasteiger partial charge in [-0.25, -0.2) is 0 Å². The molecule has 0 aromatic rings. The fourth-order valence-corrected chi connectivity index (χ4v) is 3.38. The minimum Gasteiger partial charge on any atom is -0.115 e. The van der Waals surface area contributed by atoms with Crippen LogP contribution >= 0.6 is 113 Å². The zero-order valence-corrected chi connectivity index (χ0v) is 14.6. The van der Waals surface area contributed by atoms with E-state index < -0.39 is 17.3 Å². The molecule has 0 radical (unpaired) electrons. The van der Waals surface area contributed by atoms with Gasteiger partial charge in [-0.05, 0) is 15.9 Å². The molecule has 0 aliphatic carbocycles. The van der Waals surface area contributed by atoms with E-state index in [-0.39, 0.29) is 5.33 Å². The van der Waals surface area contributed by atoms with Crippen LogP contribution in [0.25, 0.3) is 0 Å². The molecule has 0 fully saturated rings. The molecule has 0 nitrogen and oxygen atoms in total. The van der Waals surface area contributed by atoms with Gasteiger partial charge in [-0.1, -0.05) is 85.5 Å². The van der Waals surface area contributed by atoms with E-state index in [1.54, 1.807) is 0 Å². The first-order valence-electron chi connectivity index (χ1n) is 2.99. The number of rotatable bonds is 4. The van der Waals surface area contributed by atoms with E-state index in [1.165, 1.54) is 0 Å². The van der Waals surface area contributed by atoms with Crippen molar-refractivity contribution in [1.82, 2.24) is 0 Å². The molecule has 0 aromatic carbocycles. The molecule has 9 heteroatoms. The van der Waals surface area contributed by atoms with Crippen molar-refractivity contribution in [3.63, 3.8) is 0 Å². The summed E-state index contributed by atoms with van der Waals surface area (Å²) < 4.78 is -4.78. The van der Waals surface area contributed by atoms with Crippen LogP contribution < -0.4 is 0 Å². The van der Waals surface area contributed by atoms with Crippen LogP contribution in [0.3, 0.4) is 0 Å². The van der Waals surface area contributed by atoms with Gasteiger partial charge in [-0.2, -0.15) is 0 Å². The molecule has 86 valence electrons. The summed E-state index contributed by atoms with van der Waals surface area (Å²) in [6, 6.07) is 0. The second kappa shape index (κ2) is 5.75. The Bertz CT molecular complexity index is 199. The van der Waals surface area contributed by atoms with Gasteiger partial charge in [0.15, 0.2) is 11.9 Å². The standard InChI is InChI=1S/C5H3Br2Cl7/c6-1-3(9,10)4(11,12)2(8)5(7,13)14/h2H,1H2. The maximum Gasteiger partial charge on any atom is 0.191 e. The molecule has 1 unspecified atom stereocenters. The minimum absolute atomic E-state index is 0.107. The van der Waals surface area contributed by atoms with E-state index in [0.717, 1.165) is 0 Å². The Balaban J connectivity index is 4.96. The quantitative estimate of drug-likeness (QED) is 0.451. The second-order valence-corrected chi connectivity index (χ2v) is 9.78. The lowest BCUT2D eigenvalue weighted by Crippen LogP contribution is -2.50. The highest BCUT2D eigenvalue weighted by Crippen LogP contribution is 2.54. The summed E-state index contributed by atoms with van der Waals surface area (Å²) in [5, 5.41) is -1.01. The molecule has 1 atom stereocenters. The van der Waals surface area contributed by atoms with Crippen LogP contribution in [-0.2, 0) is 0 Å². The Hall–Kier alpha value is 2.99. The molecule has 0 rings (SSSR count). The average Bonchev–Trinajstić information content (AvgIpc) is 2.01. The predicted molar refractivity (Wildman–Crippen MR) is 75.7 cm³/mol. The summed E-state index contributed by atoms with van der Waals surface area (Å²) in [5.74, 6) is 0. The molecular weight excluding hydrogens is 468 g/mol. The van der Waals surface area contributed by atoms with E-state index in [0.29, 0.717) is 0 Å². The third kappa shape index (κ3) is 4.03. The topological polar surface area (TPSA) is 0 Å². The van der Waals surface area contributed by atoms with Crippen LogP contribution in [0, 0.1) is 0 Å². The zero-order valence-electron chi connectivity index (χ0n) is 6.19. The number of hydrogen-bond acceptors (Lipinski definition) is 0. The molecular formula is C5H3Br2Cl7. The molecule has 0 saturated heterocycles. The van der Waals surface area contributed by atoms with Crippen molar-refractivity contribution in [3.8, 4) is 0 Å². The van der Waals surface area contributed by atoms with Crippen LogP contribution in [0.1, 0.15) is 0 Å². The highest BCUT2D eigenvalue weighted by Gasteiger charge is 2.57. The molecule has 0 saturated carbocycles. The molecule has 0 aliphatic heterocycles. The maximum atomic E-state index is 5.90. The maximum absolute atomic E-state index is 5.90. The summed E-state index contributed by atoms with van der Waals surface area (Å²) in [7, 11) is 0. The van der Waals surface area contributed by atoms with Crippen molar-refractivity contribution in [2.75, 3.05) is 5.33 Å². The van der Waals surface area contributed by atoms with Crippen LogP contribution in [0.5, 0.6) is 0 Å². The van der Waals surface area contributed by atoms with Gasteiger partial charge in [-0.15, -0.1) is 11.6 Å². The molecule has 0 amide bonds. The molecule has 0 N–H and O–H groups in total. The van der Waals surface area contributed by atoms with E-state index in [2.05, 4.69) is 31.9 Å². The first-order valence-corrected chi connectivity index (χ1v) is 7.61. The van der Waals surface area contributed by atoms with E-state index in [1.807, 2.05) is 0 Å². The van der Waals surface area contributed by atoms with Gasteiger partial charge in [0.1, 0.15) is 5.38 Å². The highest BCUT2D eigenvalue weighted by molar-refractivity contribution is 9.11. The van der Waals surface area contributed by atoms with Gasteiger partial charge in [-0.3, -0.25) is 0 Å². The first-order chi connectivity index (χ1) is 5.97. The number of hydrogen-bond donors (Lipinski definition) is 0. The van der Waals surface area contributed by atoms with Crippen molar-refractivity contribution < 1.29 is 0 Å². The lowest BCUT2D eigenvalue weighted by molar-refractivity contribution is 0.671. The SMILES string of the molecule is ClC(C(Cl)(Cl)Br)C(Cl)(Cl)C(Cl)(Cl)CBr. The first kappa shape index (κ1) is 17.0. The molecule has 0 aromatic heterocycles. The van der Waals surface area contributed by atoms with E-state index in [9.17, 15) is 0 Å². The summed E-state index contributed by atoms with van der Waals surface area (Å²) in [5.41, 5.74) is 0. The Kier molecular flexibility index (Phi) is 6.98. The van der Waals surface area contributed by atoms with Crippen molar-refractivity contribution in [1.29, 1.82) is 0 Å². The minimum atomic E-state index is -1.73. The lowest BCUT2D eigenvalue weighted by atomic mass is 10.2. The Morgan fingerprint density at radius 3 is 1.57 bits per heavy atom. The fourth-order valence-electron chi connectivity index (χ4n) is 0.480. The molecule has 14 heavy (non-hydrogen) atoms. The van der Waals surface area contributed by atoms with Gasteiger partial charge in [0.05, 0.1) is 0 Å². The van der Waals surface area contributed by atoms with E-state index >= 15 is 0 Å². The predicted octanol–water partition coefficient (Wildman–Crippen LogP) is 5.86. The van der Waals surface area contributed by atoms with Crippen LogP contribution in [0.15, 0.2) is 0 Å². The van der Waals surface area contributed by atoms with Crippen molar-refractivity contribution in [2.45, 2.75) is 17.3 Å². The normalized spacial score (nSPS) is 16.9. The van der Waals surface area contributed by atoms with Crippen molar-refractivity contribution in [2.24, 2.45) is 0 Å². The molecule has 0 heterocycles. The van der Waals surface area contributed by atoms with Gasteiger partial charge >= 0.3 is 0 Å². The Morgan fingerprint density at radius 2 is 1.36 bits per heavy atom. The fraction of sp³-hybridized carbons (Fsp3) is 1.00. The van der Waals surface area contributed by atoms with Crippen LogP contribution in [0.4, 0.5) is 0 Å².